The van der Waals surface area contributed by atoms with Gasteiger partial charge in [0.1, 0.15) is 11.5 Å². The van der Waals surface area contributed by atoms with Crippen molar-refractivity contribution in [1.82, 2.24) is 9.66 Å². The second-order valence-corrected chi connectivity index (χ2v) is 5.03. The Morgan fingerprint density at radius 1 is 1.42 bits per heavy atom. The summed E-state index contributed by atoms with van der Waals surface area (Å²) in [6, 6.07) is 3.75. The third-order valence-corrected chi connectivity index (χ3v) is 3.63. The summed E-state index contributed by atoms with van der Waals surface area (Å²) in [6.45, 7) is 2.20. The van der Waals surface area contributed by atoms with Gasteiger partial charge in [0, 0.05) is 12.0 Å². The summed E-state index contributed by atoms with van der Waals surface area (Å²) >= 11 is 3.45. The maximum atomic E-state index is 5.99. The molecule has 2 aromatic rings. The van der Waals surface area contributed by atoms with E-state index in [1.807, 2.05) is 19.1 Å². The number of ether oxygens (including phenoxy) is 2. The van der Waals surface area contributed by atoms with Crippen molar-refractivity contribution < 1.29 is 9.47 Å². The quantitative estimate of drug-likeness (QED) is 0.824. The number of halogens is 1. The van der Waals surface area contributed by atoms with Crippen molar-refractivity contribution in [2.75, 3.05) is 18.4 Å². The second kappa shape index (κ2) is 4.34. The number of fused-ring (bicyclic) bond motifs is 1. The summed E-state index contributed by atoms with van der Waals surface area (Å²) in [5.41, 5.74) is 7.49. The second-order valence-electron chi connectivity index (χ2n) is 4.18. The number of imidazole rings is 1. The van der Waals surface area contributed by atoms with E-state index in [2.05, 4.69) is 20.9 Å². The van der Waals surface area contributed by atoms with Crippen LogP contribution in [0.1, 0.15) is 12.7 Å². The van der Waals surface area contributed by atoms with Crippen LogP contribution in [0.2, 0.25) is 0 Å². The number of aryl methyl sites for hydroxylation is 1. The predicted molar refractivity (Wildman–Crippen MR) is 75.4 cm³/mol. The van der Waals surface area contributed by atoms with Crippen molar-refractivity contribution >= 4 is 21.7 Å². The van der Waals surface area contributed by atoms with E-state index < -0.39 is 0 Å². The molecule has 1 aliphatic rings. The van der Waals surface area contributed by atoms with Gasteiger partial charge in [0.25, 0.3) is 0 Å². The topological polar surface area (TPSA) is 88.3 Å². The summed E-state index contributed by atoms with van der Waals surface area (Å²) in [5, 5.41) is 0. The first kappa shape index (κ1) is 12.2. The summed E-state index contributed by atoms with van der Waals surface area (Å²) in [7, 11) is 0. The molecule has 1 aliphatic heterocycles. The molecule has 0 fully saturated rings. The zero-order valence-corrected chi connectivity index (χ0v) is 11.9. The van der Waals surface area contributed by atoms with E-state index in [9.17, 15) is 0 Å². The van der Waals surface area contributed by atoms with E-state index in [0.717, 1.165) is 15.9 Å². The van der Waals surface area contributed by atoms with Gasteiger partial charge in [0.2, 0.25) is 6.79 Å². The van der Waals surface area contributed by atoms with Crippen molar-refractivity contribution in [3.63, 3.8) is 0 Å². The van der Waals surface area contributed by atoms with Crippen LogP contribution in [0.5, 0.6) is 11.5 Å². The lowest BCUT2D eigenvalue weighted by Gasteiger charge is -2.04. The van der Waals surface area contributed by atoms with Gasteiger partial charge in [-0.25, -0.2) is 9.66 Å². The lowest BCUT2D eigenvalue weighted by molar-refractivity contribution is 0.173. The van der Waals surface area contributed by atoms with E-state index >= 15 is 0 Å². The largest absolute Gasteiger partial charge is 0.454 e. The summed E-state index contributed by atoms with van der Waals surface area (Å²) in [4.78, 5) is 4.46. The lowest BCUT2D eigenvalue weighted by atomic mass is 10.1. The lowest BCUT2D eigenvalue weighted by Crippen LogP contribution is -2.14. The standard InChI is InChI=1S/C12H13BrN4O2/c1-2-9-16-10(12(14)17(9)15)6-3-7(13)11-8(4-6)18-5-19-11/h3-4H,2,5,14-15H2,1H3. The number of aromatic nitrogens is 2. The number of nitrogens with zero attached hydrogens (tertiary/aromatic N) is 2. The highest BCUT2D eigenvalue weighted by Crippen LogP contribution is 2.43. The molecular formula is C12H13BrN4O2. The Bertz CT molecular complexity index is 654. The number of hydrogen-bond acceptors (Lipinski definition) is 5. The molecule has 0 bridgehead atoms. The average molecular weight is 325 g/mol. The van der Waals surface area contributed by atoms with E-state index in [0.29, 0.717) is 29.4 Å². The molecule has 0 radical (unpaired) electrons. The van der Waals surface area contributed by atoms with Crippen LogP contribution in [-0.2, 0) is 6.42 Å². The minimum atomic E-state index is 0.221. The Morgan fingerprint density at radius 2 is 2.21 bits per heavy atom. The SMILES string of the molecule is CCc1nc(-c2cc(Br)c3c(c2)OCO3)c(N)n1N. The first-order valence-electron chi connectivity index (χ1n) is 5.83. The zero-order chi connectivity index (χ0) is 13.6. The molecule has 0 amide bonds. The van der Waals surface area contributed by atoms with Crippen molar-refractivity contribution in [2.45, 2.75) is 13.3 Å². The normalized spacial score (nSPS) is 12.9. The molecule has 0 saturated heterocycles. The molecule has 7 heteroatoms. The Hall–Kier alpha value is -1.89. The molecule has 0 spiro atoms. The number of benzene rings is 1. The van der Waals surface area contributed by atoms with E-state index in [1.54, 1.807) is 0 Å². The van der Waals surface area contributed by atoms with Crippen LogP contribution in [0.3, 0.4) is 0 Å². The third kappa shape index (κ3) is 1.81. The minimum Gasteiger partial charge on any atom is -0.454 e. The van der Waals surface area contributed by atoms with Gasteiger partial charge in [0.15, 0.2) is 17.3 Å². The highest BCUT2D eigenvalue weighted by atomic mass is 79.9. The molecule has 1 aromatic heterocycles. The van der Waals surface area contributed by atoms with Crippen LogP contribution in [0.15, 0.2) is 16.6 Å². The Morgan fingerprint density at radius 3 is 2.89 bits per heavy atom. The monoisotopic (exact) mass is 324 g/mol. The molecule has 0 unspecified atom stereocenters. The highest BCUT2D eigenvalue weighted by molar-refractivity contribution is 9.10. The van der Waals surface area contributed by atoms with Crippen LogP contribution in [0.4, 0.5) is 5.82 Å². The van der Waals surface area contributed by atoms with Gasteiger partial charge < -0.3 is 21.1 Å². The Labute approximate surface area is 118 Å². The molecule has 0 saturated carbocycles. The fourth-order valence-electron chi connectivity index (χ4n) is 2.06. The van der Waals surface area contributed by atoms with E-state index in [-0.39, 0.29) is 6.79 Å². The zero-order valence-electron chi connectivity index (χ0n) is 10.3. The van der Waals surface area contributed by atoms with Gasteiger partial charge in [0.05, 0.1) is 4.47 Å². The van der Waals surface area contributed by atoms with Crippen LogP contribution >= 0.6 is 15.9 Å². The number of hydrogen-bond donors (Lipinski definition) is 2. The van der Waals surface area contributed by atoms with Gasteiger partial charge in [-0.15, -0.1) is 0 Å². The van der Waals surface area contributed by atoms with Crippen LogP contribution in [-0.4, -0.2) is 16.5 Å². The smallest absolute Gasteiger partial charge is 0.231 e. The average Bonchev–Trinajstić information content (AvgIpc) is 2.96. The summed E-state index contributed by atoms with van der Waals surface area (Å²) in [5.74, 6) is 8.41. The molecule has 0 aliphatic carbocycles. The molecule has 3 rings (SSSR count). The van der Waals surface area contributed by atoms with Crippen molar-refractivity contribution in [1.29, 1.82) is 0 Å². The molecule has 4 N–H and O–H groups in total. The molecule has 19 heavy (non-hydrogen) atoms. The number of nitrogens with two attached hydrogens (primary N) is 2. The van der Waals surface area contributed by atoms with Crippen LogP contribution in [0, 0.1) is 0 Å². The Balaban J connectivity index is 2.15. The molecular weight excluding hydrogens is 312 g/mol. The van der Waals surface area contributed by atoms with Gasteiger partial charge >= 0.3 is 0 Å². The van der Waals surface area contributed by atoms with Crippen LogP contribution < -0.4 is 21.1 Å². The molecule has 0 atom stereocenters. The van der Waals surface area contributed by atoms with Gasteiger partial charge in [-0.2, -0.15) is 0 Å². The molecule has 1 aromatic carbocycles. The predicted octanol–water partition coefficient (Wildman–Crippen LogP) is 1.90. The fourth-order valence-corrected chi connectivity index (χ4v) is 2.62. The highest BCUT2D eigenvalue weighted by Gasteiger charge is 2.21. The first-order chi connectivity index (χ1) is 9.11. The van der Waals surface area contributed by atoms with E-state index in [4.69, 9.17) is 21.1 Å². The maximum absolute atomic E-state index is 5.99. The third-order valence-electron chi connectivity index (χ3n) is 3.04. The minimum absolute atomic E-state index is 0.221. The number of anilines is 1. The van der Waals surface area contributed by atoms with Crippen molar-refractivity contribution in [2.24, 2.45) is 0 Å². The fraction of sp³-hybridized carbons (Fsp3) is 0.250. The van der Waals surface area contributed by atoms with Gasteiger partial charge in [-0.1, -0.05) is 6.92 Å². The van der Waals surface area contributed by atoms with Crippen molar-refractivity contribution in [3.8, 4) is 22.8 Å². The van der Waals surface area contributed by atoms with Crippen molar-refractivity contribution in [3.05, 3.63) is 22.4 Å². The summed E-state index contributed by atoms with van der Waals surface area (Å²) in [6.07, 6.45) is 0.715. The van der Waals surface area contributed by atoms with E-state index in [1.165, 1.54) is 4.68 Å². The van der Waals surface area contributed by atoms with Gasteiger partial charge in [-0.05, 0) is 28.1 Å². The van der Waals surface area contributed by atoms with Crippen LogP contribution in [0.25, 0.3) is 11.3 Å². The van der Waals surface area contributed by atoms with Gasteiger partial charge in [-0.3, -0.25) is 0 Å². The summed E-state index contributed by atoms with van der Waals surface area (Å²) < 4.78 is 13.0. The Kier molecular flexibility index (Phi) is 2.78. The number of nitrogen functional groups attached to an aromatic ring is 2. The number of rotatable bonds is 2. The molecule has 6 nitrogen and oxygen atoms in total. The molecule has 2 heterocycles. The maximum Gasteiger partial charge on any atom is 0.231 e. The first-order valence-corrected chi connectivity index (χ1v) is 6.62. The molecule has 100 valence electrons.